The average molecular weight is 498 g/mol. The second-order valence-corrected chi connectivity index (χ2v) is 8.79. The van der Waals surface area contributed by atoms with Crippen LogP contribution >= 0.6 is 21.6 Å². The summed E-state index contributed by atoms with van der Waals surface area (Å²) in [7, 11) is 3.80. The molecule has 32 heavy (non-hydrogen) atoms. The zero-order chi connectivity index (χ0) is 24.7. The maximum Gasteiger partial charge on any atom is 0.322 e. The van der Waals surface area contributed by atoms with Crippen LogP contribution < -0.4 is 27.0 Å². The highest BCUT2D eigenvalue weighted by Gasteiger charge is 2.23. The fourth-order valence-electron chi connectivity index (χ4n) is 1.95. The zero-order valence-electron chi connectivity index (χ0n) is 17.2. The van der Waals surface area contributed by atoms with Gasteiger partial charge in [0.05, 0.1) is 6.04 Å². The molecule has 0 aromatic heterocycles. The van der Waals surface area contributed by atoms with Gasteiger partial charge in [0.25, 0.3) is 0 Å². The summed E-state index contributed by atoms with van der Waals surface area (Å²) >= 11 is 0. The van der Waals surface area contributed by atoms with Gasteiger partial charge in [-0.1, -0.05) is 21.6 Å². The van der Waals surface area contributed by atoms with Crippen molar-refractivity contribution in [3.63, 3.8) is 0 Å². The number of carbonyl (C=O) groups is 6. The van der Waals surface area contributed by atoms with Crippen LogP contribution in [0.3, 0.4) is 0 Å². The molecule has 0 aromatic rings. The molecule has 0 aliphatic heterocycles. The molecule has 0 aromatic carbocycles. The van der Waals surface area contributed by atoms with Gasteiger partial charge in [-0.3, -0.25) is 28.8 Å². The number of rotatable bonds is 17. The number of hydrogen-bond donors (Lipinski definition) is 8. The normalized spacial score (nSPS) is 13.3. The molecule has 0 aliphatic rings. The highest BCUT2D eigenvalue weighted by atomic mass is 33.1. The Kier molecular flexibility index (Phi) is 14.8. The van der Waals surface area contributed by atoms with Crippen molar-refractivity contribution in [2.24, 2.45) is 5.73 Å². The second-order valence-electron chi connectivity index (χ2n) is 6.24. The van der Waals surface area contributed by atoms with Crippen molar-refractivity contribution in [2.75, 3.05) is 31.6 Å². The van der Waals surface area contributed by atoms with Crippen LogP contribution in [0, 0.1) is 0 Å². The van der Waals surface area contributed by atoms with Crippen molar-refractivity contribution in [2.45, 2.75) is 31.0 Å². The Morgan fingerprint density at radius 3 is 1.75 bits per heavy atom. The third-order valence-corrected chi connectivity index (χ3v) is 6.12. The van der Waals surface area contributed by atoms with E-state index in [0.717, 1.165) is 10.8 Å². The Hall–Kier alpha value is -2.56. The Bertz CT molecular complexity index is 695. The molecule has 0 saturated carbocycles. The molecule has 0 aliphatic carbocycles. The van der Waals surface area contributed by atoms with Crippen molar-refractivity contribution in [3.05, 3.63) is 0 Å². The van der Waals surface area contributed by atoms with E-state index in [1.807, 2.05) is 0 Å². The summed E-state index contributed by atoms with van der Waals surface area (Å²) in [6.07, 6.45) is -0.401. The molecular formula is C16H27N5O9S2. The van der Waals surface area contributed by atoms with Gasteiger partial charge in [0.2, 0.25) is 17.7 Å². The van der Waals surface area contributed by atoms with Gasteiger partial charge < -0.3 is 42.3 Å². The molecular weight excluding hydrogens is 470 g/mol. The van der Waals surface area contributed by atoms with E-state index in [2.05, 4.69) is 21.3 Å². The summed E-state index contributed by atoms with van der Waals surface area (Å²) in [4.78, 5) is 68.1. The van der Waals surface area contributed by atoms with Crippen LogP contribution in [-0.2, 0) is 28.8 Å². The van der Waals surface area contributed by atoms with E-state index in [1.54, 1.807) is 0 Å². The number of likely N-dealkylation sites (N-methyl/N-ethyl adjacent to an activating group) is 1. The van der Waals surface area contributed by atoms with Crippen molar-refractivity contribution >= 4 is 57.2 Å². The fraction of sp³-hybridized carbons (Fsp3) is 0.625. The highest BCUT2D eigenvalue weighted by Crippen LogP contribution is 2.23. The lowest BCUT2D eigenvalue weighted by atomic mass is 10.1. The molecule has 0 radical (unpaired) electrons. The minimum Gasteiger partial charge on any atom is -0.480 e. The lowest BCUT2D eigenvalue weighted by Crippen LogP contribution is -2.49. The van der Waals surface area contributed by atoms with Gasteiger partial charge in [0, 0.05) is 17.9 Å². The molecule has 0 spiro atoms. The van der Waals surface area contributed by atoms with Crippen LogP contribution in [0.4, 0.5) is 0 Å². The predicted octanol–water partition coefficient (Wildman–Crippen LogP) is -2.97. The minimum atomic E-state index is -1.28. The van der Waals surface area contributed by atoms with Crippen molar-refractivity contribution in [3.8, 4) is 0 Å². The standard InChI is InChI=1S/C16H27N5O9S2/c1-18-9(14(27)19-4-12(23)24)6-31-32-7-10(15(28)20-5-13(25)26)21-11(22)3-2-8(17)16(29)30/h8-10,18H,2-7,17H2,1H3,(H,19,27)(H,20,28)(H,21,22)(H,23,24)(H,25,26)(H,29,30)/t8-,9?,10-/m0/s1. The quantitative estimate of drug-likeness (QED) is 0.0741. The Balaban J connectivity index is 4.74. The van der Waals surface area contributed by atoms with Gasteiger partial charge in [0.1, 0.15) is 25.2 Å². The molecule has 0 rings (SSSR count). The largest absolute Gasteiger partial charge is 0.480 e. The third kappa shape index (κ3) is 13.7. The van der Waals surface area contributed by atoms with Crippen molar-refractivity contribution in [1.82, 2.24) is 21.3 Å². The number of aliphatic carboxylic acids is 3. The van der Waals surface area contributed by atoms with Crippen molar-refractivity contribution in [1.29, 1.82) is 0 Å². The van der Waals surface area contributed by atoms with Crippen LogP contribution in [-0.4, -0.2) is 101 Å². The first-order chi connectivity index (χ1) is 15.0. The van der Waals surface area contributed by atoms with Gasteiger partial charge in [-0.2, -0.15) is 0 Å². The summed E-state index contributed by atoms with van der Waals surface area (Å²) in [5, 5.41) is 35.6. The molecule has 3 atom stereocenters. The van der Waals surface area contributed by atoms with E-state index in [4.69, 9.17) is 21.1 Å². The van der Waals surface area contributed by atoms with Crippen molar-refractivity contribution < 1.29 is 44.1 Å². The first-order valence-electron chi connectivity index (χ1n) is 9.16. The number of amides is 3. The molecule has 0 bridgehead atoms. The monoisotopic (exact) mass is 497 g/mol. The number of carboxylic acids is 3. The van der Waals surface area contributed by atoms with Gasteiger partial charge in [-0.05, 0) is 13.5 Å². The van der Waals surface area contributed by atoms with E-state index < -0.39 is 66.8 Å². The highest BCUT2D eigenvalue weighted by molar-refractivity contribution is 8.76. The van der Waals surface area contributed by atoms with Gasteiger partial charge in [-0.15, -0.1) is 0 Å². The molecule has 0 heterocycles. The van der Waals surface area contributed by atoms with Crippen LogP contribution in [0.25, 0.3) is 0 Å². The molecule has 3 amide bonds. The number of carbonyl (C=O) groups excluding carboxylic acids is 3. The van der Waals surface area contributed by atoms with Crippen LogP contribution in [0.2, 0.25) is 0 Å². The summed E-state index contributed by atoms with van der Waals surface area (Å²) in [5.74, 6) is -5.43. The Morgan fingerprint density at radius 1 is 0.844 bits per heavy atom. The maximum atomic E-state index is 12.2. The lowest BCUT2D eigenvalue weighted by Gasteiger charge is -2.19. The smallest absolute Gasteiger partial charge is 0.322 e. The van der Waals surface area contributed by atoms with E-state index >= 15 is 0 Å². The molecule has 9 N–H and O–H groups in total. The molecule has 1 unspecified atom stereocenters. The van der Waals surface area contributed by atoms with E-state index in [9.17, 15) is 28.8 Å². The van der Waals surface area contributed by atoms with Gasteiger partial charge >= 0.3 is 17.9 Å². The molecule has 14 nitrogen and oxygen atoms in total. The fourth-order valence-corrected chi connectivity index (χ4v) is 4.36. The SMILES string of the molecule is CNC(CSSC[C@H](NC(=O)CC[C@H](N)C(=O)O)C(=O)NCC(=O)O)C(=O)NCC(=O)O. The zero-order valence-corrected chi connectivity index (χ0v) is 18.8. The topological polar surface area (TPSA) is 237 Å². The first kappa shape index (κ1) is 29.4. The first-order valence-corrected chi connectivity index (χ1v) is 11.6. The second kappa shape index (κ2) is 16.1. The summed E-state index contributed by atoms with van der Waals surface area (Å²) in [6, 6.07) is -3.07. The average Bonchev–Trinajstić information content (AvgIpc) is 2.72. The molecule has 0 saturated heterocycles. The Morgan fingerprint density at radius 2 is 1.31 bits per heavy atom. The lowest BCUT2D eigenvalue weighted by molar-refractivity contribution is -0.139. The molecule has 0 fully saturated rings. The van der Waals surface area contributed by atoms with Gasteiger partial charge in [0.15, 0.2) is 0 Å². The van der Waals surface area contributed by atoms with E-state index in [1.165, 1.54) is 17.8 Å². The third-order valence-electron chi connectivity index (χ3n) is 3.70. The number of nitrogens with one attached hydrogen (secondary N) is 4. The molecule has 16 heteroatoms. The minimum absolute atomic E-state index is 0.0139. The van der Waals surface area contributed by atoms with Gasteiger partial charge in [-0.25, -0.2) is 0 Å². The summed E-state index contributed by atoms with van der Waals surface area (Å²) in [5.41, 5.74) is 5.34. The van der Waals surface area contributed by atoms with E-state index in [0.29, 0.717) is 0 Å². The summed E-state index contributed by atoms with van der Waals surface area (Å²) in [6.45, 7) is -1.18. The number of nitrogens with two attached hydrogens (primary N) is 1. The van der Waals surface area contributed by atoms with E-state index in [-0.39, 0.29) is 24.3 Å². The number of carboxylic acid groups (broad SMARTS) is 3. The maximum absolute atomic E-state index is 12.2. The predicted molar refractivity (Wildman–Crippen MR) is 116 cm³/mol. The van der Waals surface area contributed by atoms with Crippen LogP contribution in [0.1, 0.15) is 12.8 Å². The van der Waals surface area contributed by atoms with Crippen LogP contribution in [0.5, 0.6) is 0 Å². The molecule has 182 valence electrons. The summed E-state index contributed by atoms with van der Waals surface area (Å²) < 4.78 is 0. The number of hydrogen-bond acceptors (Lipinski definition) is 10. The van der Waals surface area contributed by atoms with Crippen LogP contribution in [0.15, 0.2) is 0 Å². The Labute approximate surface area is 191 Å².